The second kappa shape index (κ2) is 21.5. The molecule has 0 heterocycles. The molecule has 1 unspecified atom stereocenters. The van der Waals surface area contributed by atoms with Crippen molar-refractivity contribution in [2.45, 2.75) is 109 Å². The summed E-state index contributed by atoms with van der Waals surface area (Å²) in [6.45, 7) is 8.88. The second-order valence-electron chi connectivity index (χ2n) is 13.0. The summed E-state index contributed by atoms with van der Waals surface area (Å²) in [4.78, 5) is 45.0. The normalized spacial score (nSPS) is 17.3. The third-order valence-corrected chi connectivity index (χ3v) is 9.56. The number of carbonyl (C=O) groups excluding carboxylic acids is 3. The van der Waals surface area contributed by atoms with Crippen LogP contribution in [0.2, 0.25) is 0 Å². The van der Waals surface area contributed by atoms with Crippen molar-refractivity contribution in [1.29, 1.82) is 0 Å². The lowest BCUT2D eigenvalue weighted by Crippen LogP contribution is -2.57. The van der Waals surface area contributed by atoms with Gasteiger partial charge in [0.15, 0.2) is 0 Å². The summed E-state index contributed by atoms with van der Waals surface area (Å²) in [5.74, 6) is 2.81. The zero-order valence-electron chi connectivity index (χ0n) is 29.0. The van der Waals surface area contributed by atoms with E-state index in [9.17, 15) is 24.6 Å². The number of nitrogens with one attached hydrogen (secondary N) is 2. The average molecular weight is 651 g/mol. The minimum absolute atomic E-state index is 0.0291. The van der Waals surface area contributed by atoms with E-state index in [1.807, 2.05) is 30.3 Å². The monoisotopic (exact) mass is 650 g/mol. The summed E-state index contributed by atoms with van der Waals surface area (Å²) in [7, 11) is 1.75. The molecule has 0 radical (unpaired) electrons. The molecule has 2 rings (SSSR count). The maximum Gasteiger partial charge on any atom is 0.244 e. The van der Waals surface area contributed by atoms with Gasteiger partial charge in [-0.05, 0) is 50.8 Å². The summed E-state index contributed by atoms with van der Waals surface area (Å²) in [5, 5.41) is 27.7. The molecule has 9 heteroatoms. The molecule has 6 atom stereocenters. The first-order chi connectivity index (χ1) is 22.5. The number of aliphatic hydroxyl groups is 2. The van der Waals surface area contributed by atoms with Crippen molar-refractivity contribution < 1.29 is 24.6 Å². The van der Waals surface area contributed by atoms with Crippen LogP contribution in [0.5, 0.6) is 0 Å². The van der Waals surface area contributed by atoms with Gasteiger partial charge >= 0.3 is 0 Å². The third-order valence-electron chi connectivity index (χ3n) is 9.56. The maximum atomic E-state index is 13.9. The van der Waals surface area contributed by atoms with Crippen molar-refractivity contribution in [2.75, 3.05) is 33.2 Å². The van der Waals surface area contributed by atoms with E-state index in [0.717, 1.165) is 57.3 Å². The van der Waals surface area contributed by atoms with E-state index in [1.165, 1.54) is 0 Å². The molecule has 0 aromatic heterocycles. The first-order valence-electron chi connectivity index (χ1n) is 17.4. The highest BCUT2D eigenvalue weighted by Crippen LogP contribution is 2.29. The predicted molar refractivity (Wildman–Crippen MR) is 187 cm³/mol. The Kier molecular flexibility index (Phi) is 18.2. The Hall–Kier alpha value is -3.37. The lowest BCUT2D eigenvalue weighted by molar-refractivity contribution is -0.137. The van der Waals surface area contributed by atoms with E-state index in [0.29, 0.717) is 31.7 Å². The first kappa shape index (κ1) is 39.8. The van der Waals surface area contributed by atoms with Crippen molar-refractivity contribution in [2.24, 2.45) is 17.8 Å². The Bertz CT molecular complexity index is 1170. The largest absolute Gasteiger partial charge is 0.390 e. The standard InChI is InChI=1S/C38H58N4O5/c1-7-11-22-33(43)36(45)32(26-30-20-16-13-17-21-30)39-38(47)35(28(5)8-2)40-37(46)31(25-29-18-14-12-15-19-29)27-34(44)41(6)23-24-42(9-3)10-4/h1-2,12,14-15,18-19,28,30-33,35-36,43,45H,9-11,13,16-17,20-27H2,3-6H3,(H,39,47)(H,40,46)/t28?,31-,32+,33+,35+,36-/m1/s1. The van der Waals surface area contributed by atoms with Gasteiger partial charge in [-0.1, -0.05) is 76.3 Å². The molecular formula is C38H58N4O5. The number of amides is 3. The van der Waals surface area contributed by atoms with Gasteiger partial charge in [0.2, 0.25) is 17.7 Å². The number of aliphatic hydroxyl groups excluding tert-OH is 2. The van der Waals surface area contributed by atoms with Crippen LogP contribution in [0.25, 0.3) is 0 Å². The molecule has 1 fully saturated rings. The zero-order chi connectivity index (χ0) is 34.8. The second-order valence-corrected chi connectivity index (χ2v) is 13.0. The number of nitrogens with zero attached hydrogens (tertiary/aromatic N) is 2. The molecule has 0 aliphatic heterocycles. The fraction of sp³-hybridized carbons (Fsp3) is 0.658. The van der Waals surface area contributed by atoms with Crippen LogP contribution in [-0.4, -0.2) is 95.3 Å². The van der Waals surface area contributed by atoms with Crippen LogP contribution in [0.3, 0.4) is 0 Å². The Morgan fingerprint density at radius 3 is 2.23 bits per heavy atom. The molecule has 0 spiro atoms. The highest BCUT2D eigenvalue weighted by atomic mass is 16.3. The highest BCUT2D eigenvalue weighted by molar-refractivity contribution is 5.91. The summed E-state index contributed by atoms with van der Waals surface area (Å²) < 4.78 is 0. The lowest BCUT2D eigenvalue weighted by atomic mass is 9.82. The molecule has 4 N–H and O–H groups in total. The van der Waals surface area contributed by atoms with Gasteiger partial charge in [0.25, 0.3) is 0 Å². The van der Waals surface area contributed by atoms with E-state index >= 15 is 0 Å². The topological polar surface area (TPSA) is 122 Å². The molecule has 3 amide bonds. The van der Waals surface area contributed by atoms with Crippen molar-refractivity contribution in [3.8, 4) is 24.7 Å². The highest BCUT2D eigenvalue weighted by Gasteiger charge is 2.35. The van der Waals surface area contributed by atoms with Gasteiger partial charge in [-0.2, -0.15) is 0 Å². The van der Waals surface area contributed by atoms with Crippen molar-refractivity contribution in [1.82, 2.24) is 20.4 Å². The van der Waals surface area contributed by atoms with E-state index in [4.69, 9.17) is 12.8 Å². The van der Waals surface area contributed by atoms with Gasteiger partial charge in [0.05, 0.1) is 18.1 Å². The maximum absolute atomic E-state index is 13.9. The molecule has 1 saturated carbocycles. The molecule has 1 aliphatic carbocycles. The number of carbonyl (C=O) groups is 3. The number of hydrogen-bond acceptors (Lipinski definition) is 6. The van der Waals surface area contributed by atoms with E-state index in [-0.39, 0.29) is 18.7 Å². The lowest BCUT2D eigenvalue weighted by Gasteiger charge is -2.34. The molecule has 47 heavy (non-hydrogen) atoms. The smallest absolute Gasteiger partial charge is 0.244 e. The van der Waals surface area contributed by atoms with Crippen LogP contribution in [0.4, 0.5) is 0 Å². The Morgan fingerprint density at radius 1 is 0.979 bits per heavy atom. The van der Waals surface area contributed by atoms with E-state index in [2.05, 4.69) is 41.2 Å². The number of likely N-dealkylation sites (N-methyl/N-ethyl adjacent to an activating group) is 2. The number of hydrogen-bond donors (Lipinski definition) is 4. The van der Waals surface area contributed by atoms with Crippen molar-refractivity contribution in [3.05, 3.63) is 35.9 Å². The molecule has 9 nitrogen and oxygen atoms in total. The SMILES string of the molecule is C#CCC[C@H](O)[C@H](O)[C@H](CC1CCCCC1)NC(=O)[C@@H](NC(=O)[C@@H](CC(=O)N(C)CCN(CC)CC)Cc1ccccc1)C(C)C#C. The quantitative estimate of drug-likeness (QED) is 0.161. The van der Waals surface area contributed by atoms with E-state index < -0.39 is 47.9 Å². The van der Waals surface area contributed by atoms with E-state index in [1.54, 1.807) is 18.9 Å². The Labute approximate surface area is 283 Å². The summed E-state index contributed by atoms with van der Waals surface area (Å²) in [6.07, 6.45) is 15.4. The third kappa shape index (κ3) is 13.7. The Morgan fingerprint density at radius 2 is 1.64 bits per heavy atom. The predicted octanol–water partition coefficient (Wildman–Crippen LogP) is 3.38. The van der Waals surface area contributed by atoms with Crippen LogP contribution in [0, 0.1) is 42.4 Å². The van der Waals surface area contributed by atoms with Crippen LogP contribution < -0.4 is 10.6 Å². The average Bonchev–Trinajstić information content (AvgIpc) is 3.09. The van der Waals surface area contributed by atoms with Gasteiger partial charge in [-0.25, -0.2) is 0 Å². The van der Waals surface area contributed by atoms with Crippen molar-refractivity contribution >= 4 is 17.7 Å². The van der Waals surface area contributed by atoms with Gasteiger partial charge in [-0.3, -0.25) is 14.4 Å². The summed E-state index contributed by atoms with van der Waals surface area (Å²) in [6, 6.07) is 7.62. The van der Waals surface area contributed by atoms with Gasteiger partial charge in [-0.15, -0.1) is 24.7 Å². The molecule has 260 valence electrons. The minimum atomic E-state index is -1.23. The molecule has 1 aliphatic rings. The van der Waals surface area contributed by atoms with Crippen LogP contribution in [-0.2, 0) is 20.8 Å². The number of terminal acetylenes is 2. The fourth-order valence-electron chi connectivity index (χ4n) is 6.27. The summed E-state index contributed by atoms with van der Waals surface area (Å²) >= 11 is 0. The zero-order valence-corrected chi connectivity index (χ0v) is 29.0. The molecule has 1 aromatic carbocycles. The Balaban J connectivity index is 2.26. The summed E-state index contributed by atoms with van der Waals surface area (Å²) in [5.41, 5.74) is 0.897. The number of benzene rings is 1. The molecule has 1 aromatic rings. The fourth-order valence-corrected chi connectivity index (χ4v) is 6.27. The minimum Gasteiger partial charge on any atom is -0.390 e. The molecular weight excluding hydrogens is 592 g/mol. The van der Waals surface area contributed by atoms with Gasteiger partial charge in [0, 0.05) is 38.9 Å². The number of rotatable bonds is 20. The van der Waals surface area contributed by atoms with Crippen LogP contribution >= 0.6 is 0 Å². The molecule has 0 bridgehead atoms. The van der Waals surface area contributed by atoms with Crippen LogP contribution in [0.15, 0.2) is 30.3 Å². The van der Waals surface area contributed by atoms with Crippen LogP contribution in [0.1, 0.15) is 84.1 Å². The van der Waals surface area contributed by atoms with Gasteiger partial charge in [0.1, 0.15) is 12.1 Å². The first-order valence-corrected chi connectivity index (χ1v) is 17.4. The van der Waals surface area contributed by atoms with Crippen molar-refractivity contribution in [3.63, 3.8) is 0 Å². The molecule has 0 saturated heterocycles. The van der Waals surface area contributed by atoms with Gasteiger partial charge < -0.3 is 30.6 Å².